The van der Waals surface area contributed by atoms with E-state index in [0.29, 0.717) is 11.6 Å². The van der Waals surface area contributed by atoms with Gasteiger partial charge in [-0.1, -0.05) is 25.0 Å². The number of nitrogens with zero attached hydrogens (tertiary/aromatic N) is 2. The Morgan fingerprint density at radius 3 is 2.67 bits per heavy atom. The minimum absolute atomic E-state index is 0.134. The third-order valence-corrected chi connectivity index (χ3v) is 5.28. The van der Waals surface area contributed by atoms with Gasteiger partial charge < -0.3 is 16.8 Å². The van der Waals surface area contributed by atoms with Crippen molar-refractivity contribution in [3.8, 4) is 0 Å². The standard InChI is InChI=1S/C11H22N4O.C8H5NOS/c12-11(13)15-8-4-3-7-14-10(16)9-5-1-2-6-9;10-5-8-9-6-3-1-2-4-7(6)11-8/h9H,1-8H2,(H,14,16)(H4,12,13,15);1-5H. The summed E-state index contributed by atoms with van der Waals surface area (Å²) < 4.78 is 1.06. The number of fused-ring (bicyclic) bond motifs is 1. The lowest BCUT2D eigenvalue weighted by molar-refractivity contribution is -0.124. The lowest BCUT2D eigenvalue weighted by Crippen LogP contribution is -2.30. The molecule has 3 rings (SSSR count). The van der Waals surface area contributed by atoms with Crippen molar-refractivity contribution >= 4 is 39.7 Å². The van der Waals surface area contributed by atoms with Crippen molar-refractivity contribution in [2.24, 2.45) is 22.4 Å². The molecule has 1 heterocycles. The zero-order valence-electron chi connectivity index (χ0n) is 15.4. The largest absolute Gasteiger partial charge is 0.370 e. The topological polar surface area (TPSA) is 123 Å². The van der Waals surface area contributed by atoms with E-state index in [1.165, 1.54) is 24.2 Å². The summed E-state index contributed by atoms with van der Waals surface area (Å²) in [4.78, 5) is 29.9. The molecule has 2 aromatic rings. The highest BCUT2D eigenvalue weighted by Gasteiger charge is 2.21. The van der Waals surface area contributed by atoms with Crippen LogP contribution < -0.4 is 16.8 Å². The Labute approximate surface area is 163 Å². The van der Waals surface area contributed by atoms with E-state index in [1.54, 1.807) is 0 Å². The molecule has 1 saturated carbocycles. The van der Waals surface area contributed by atoms with E-state index >= 15 is 0 Å². The molecule has 0 bridgehead atoms. The van der Waals surface area contributed by atoms with E-state index in [0.717, 1.165) is 48.7 Å². The van der Waals surface area contributed by atoms with E-state index in [2.05, 4.69) is 15.3 Å². The van der Waals surface area contributed by atoms with Gasteiger partial charge in [-0.15, -0.1) is 11.3 Å². The maximum absolute atomic E-state index is 11.6. The second-order valence-electron chi connectivity index (χ2n) is 6.42. The average Bonchev–Trinajstić information content (AvgIpc) is 3.34. The second kappa shape index (κ2) is 11.3. The minimum Gasteiger partial charge on any atom is -0.370 e. The molecule has 146 valence electrons. The van der Waals surface area contributed by atoms with Crippen LogP contribution in [0.4, 0.5) is 0 Å². The van der Waals surface area contributed by atoms with Gasteiger partial charge in [-0.2, -0.15) is 0 Å². The number of para-hydroxylation sites is 1. The predicted molar refractivity (Wildman–Crippen MR) is 110 cm³/mol. The normalized spacial score (nSPS) is 13.6. The number of hydrogen-bond donors (Lipinski definition) is 3. The third-order valence-electron chi connectivity index (χ3n) is 4.32. The zero-order valence-corrected chi connectivity index (χ0v) is 16.2. The first-order valence-electron chi connectivity index (χ1n) is 9.24. The summed E-state index contributed by atoms with van der Waals surface area (Å²) in [5.41, 5.74) is 11.3. The Bertz CT molecular complexity index is 731. The Morgan fingerprint density at radius 1 is 1.26 bits per heavy atom. The SMILES string of the molecule is NC(N)=NCCCCNC(=O)C1CCCC1.O=Cc1nc2ccccc2s1. The van der Waals surface area contributed by atoms with E-state index in [-0.39, 0.29) is 17.8 Å². The van der Waals surface area contributed by atoms with Gasteiger partial charge in [0, 0.05) is 19.0 Å². The second-order valence-corrected chi connectivity index (χ2v) is 7.49. The predicted octanol–water partition coefficient (Wildman–Crippen LogP) is 2.46. The molecular weight excluding hydrogens is 362 g/mol. The highest BCUT2D eigenvalue weighted by molar-refractivity contribution is 7.19. The fourth-order valence-corrected chi connectivity index (χ4v) is 3.71. The first kappa shape index (κ1) is 20.8. The molecule has 0 unspecified atom stereocenters. The quantitative estimate of drug-likeness (QED) is 0.290. The van der Waals surface area contributed by atoms with Crippen LogP contribution in [0.5, 0.6) is 0 Å². The van der Waals surface area contributed by atoms with Crippen LogP contribution in [0.3, 0.4) is 0 Å². The molecule has 0 aliphatic heterocycles. The molecule has 1 fully saturated rings. The Morgan fingerprint density at radius 2 is 2.00 bits per heavy atom. The molecular formula is C19H27N5O2S. The van der Waals surface area contributed by atoms with Gasteiger partial charge in [-0.05, 0) is 37.8 Å². The number of guanidine groups is 1. The highest BCUT2D eigenvalue weighted by atomic mass is 32.1. The number of thiazole rings is 1. The number of aldehydes is 1. The molecule has 7 nitrogen and oxygen atoms in total. The van der Waals surface area contributed by atoms with Crippen molar-refractivity contribution in [1.82, 2.24) is 10.3 Å². The van der Waals surface area contributed by atoms with Crippen molar-refractivity contribution in [1.29, 1.82) is 0 Å². The number of rotatable bonds is 7. The molecule has 0 spiro atoms. The first-order chi connectivity index (χ1) is 13.1. The molecule has 1 aromatic heterocycles. The monoisotopic (exact) mass is 389 g/mol. The van der Waals surface area contributed by atoms with Gasteiger partial charge in [-0.3, -0.25) is 14.6 Å². The molecule has 0 atom stereocenters. The molecule has 1 aromatic carbocycles. The Kier molecular flexibility index (Phi) is 8.70. The average molecular weight is 390 g/mol. The van der Waals surface area contributed by atoms with Crippen molar-refractivity contribution < 1.29 is 9.59 Å². The van der Waals surface area contributed by atoms with Gasteiger partial charge in [0.2, 0.25) is 5.91 Å². The van der Waals surface area contributed by atoms with Gasteiger partial charge in [0.1, 0.15) is 0 Å². The summed E-state index contributed by atoms with van der Waals surface area (Å²) in [6.07, 6.45) is 7.12. The first-order valence-corrected chi connectivity index (χ1v) is 10.1. The van der Waals surface area contributed by atoms with Gasteiger partial charge in [0.25, 0.3) is 0 Å². The molecule has 5 N–H and O–H groups in total. The number of hydrogen-bond acceptors (Lipinski definition) is 5. The third kappa shape index (κ3) is 7.34. The van der Waals surface area contributed by atoms with Crippen molar-refractivity contribution in [2.75, 3.05) is 13.1 Å². The van der Waals surface area contributed by atoms with Crippen LogP contribution in [0, 0.1) is 5.92 Å². The smallest absolute Gasteiger partial charge is 0.223 e. The number of carbonyl (C=O) groups is 2. The molecule has 1 aliphatic rings. The lowest BCUT2D eigenvalue weighted by Gasteiger charge is -2.09. The number of unbranched alkanes of at least 4 members (excludes halogenated alkanes) is 1. The summed E-state index contributed by atoms with van der Waals surface area (Å²) in [5, 5.41) is 3.51. The van der Waals surface area contributed by atoms with E-state index in [4.69, 9.17) is 11.5 Å². The molecule has 0 radical (unpaired) electrons. The Hall–Kier alpha value is -2.48. The van der Waals surface area contributed by atoms with E-state index in [1.807, 2.05) is 24.3 Å². The number of nitrogens with one attached hydrogen (secondary N) is 1. The van der Waals surface area contributed by atoms with E-state index < -0.39 is 0 Å². The fourth-order valence-electron chi connectivity index (χ4n) is 2.93. The molecule has 1 amide bonds. The molecule has 0 saturated heterocycles. The number of carbonyl (C=O) groups excluding carboxylic acids is 2. The van der Waals surface area contributed by atoms with Crippen molar-refractivity contribution in [3.05, 3.63) is 29.3 Å². The maximum Gasteiger partial charge on any atom is 0.223 e. The fraction of sp³-hybridized carbons (Fsp3) is 0.474. The molecule has 1 aliphatic carbocycles. The van der Waals surface area contributed by atoms with Crippen LogP contribution >= 0.6 is 11.3 Å². The van der Waals surface area contributed by atoms with Gasteiger partial charge in [0.05, 0.1) is 10.2 Å². The summed E-state index contributed by atoms with van der Waals surface area (Å²) in [6, 6.07) is 7.71. The van der Waals surface area contributed by atoms with Gasteiger partial charge in [-0.25, -0.2) is 4.98 Å². The molecule has 27 heavy (non-hydrogen) atoms. The van der Waals surface area contributed by atoms with Gasteiger partial charge in [0.15, 0.2) is 17.3 Å². The summed E-state index contributed by atoms with van der Waals surface area (Å²) in [7, 11) is 0. The van der Waals surface area contributed by atoms with Crippen LogP contribution in [0.1, 0.15) is 48.3 Å². The number of aromatic nitrogens is 1. The summed E-state index contributed by atoms with van der Waals surface area (Å²) >= 11 is 1.42. The van der Waals surface area contributed by atoms with Crippen LogP contribution in [0.15, 0.2) is 29.3 Å². The van der Waals surface area contributed by atoms with Crippen molar-refractivity contribution in [3.63, 3.8) is 0 Å². The van der Waals surface area contributed by atoms with Crippen LogP contribution in [0.2, 0.25) is 0 Å². The zero-order chi connectivity index (χ0) is 19.5. The Balaban J connectivity index is 0.000000206. The highest BCUT2D eigenvalue weighted by Crippen LogP contribution is 2.24. The number of nitrogens with two attached hydrogens (primary N) is 2. The summed E-state index contributed by atoms with van der Waals surface area (Å²) in [6.45, 7) is 1.37. The number of benzene rings is 1. The lowest BCUT2D eigenvalue weighted by atomic mass is 10.1. The van der Waals surface area contributed by atoms with Crippen LogP contribution in [-0.4, -0.2) is 36.2 Å². The van der Waals surface area contributed by atoms with Crippen LogP contribution in [0.25, 0.3) is 10.2 Å². The number of aliphatic imine (C=N–C) groups is 1. The minimum atomic E-state index is 0.134. The molecule has 8 heteroatoms. The van der Waals surface area contributed by atoms with Gasteiger partial charge >= 0.3 is 0 Å². The number of amides is 1. The maximum atomic E-state index is 11.6. The van der Waals surface area contributed by atoms with Crippen LogP contribution in [-0.2, 0) is 4.79 Å². The summed E-state index contributed by atoms with van der Waals surface area (Å²) in [5.74, 6) is 0.618. The van der Waals surface area contributed by atoms with Crippen molar-refractivity contribution in [2.45, 2.75) is 38.5 Å². The van der Waals surface area contributed by atoms with E-state index in [9.17, 15) is 9.59 Å².